The molecular formula is C44H31N3. The Hall–Kier alpha value is -5.93. The number of benzene rings is 6. The number of aromatic nitrogens is 3. The monoisotopic (exact) mass is 601 g/mol. The van der Waals surface area contributed by atoms with Gasteiger partial charge in [0.1, 0.15) is 0 Å². The zero-order chi connectivity index (χ0) is 31.5. The van der Waals surface area contributed by atoms with E-state index in [2.05, 4.69) is 140 Å². The molecule has 9 rings (SSSR count). The highest BCUT2D eigenvalue weighted by atomic mass is 14.9. The van der Waals surface area contributed by atoms with Gasteiger partial charge in [0.2, 0.25) is 0 Å². The van der Waals surface area contributed by atoms with Gasteiger partial charge >= 0.3 is 0 Å². The minimum absolute atomic E-state index is 0.0331. The van der Waals surface area contributed by atoms with Crippen LogP contribution in [0.3, 0.4) is 0 Å². The summed E-state index contributed by atoms with van der Waals surface area (Å²) in [6.07, 6.45) is 3.65. The average Bonchev–Trinajstić information content (AvgIpc) is 3.36. The van der Waals surface area contributed by atoms with Gasteiger partial charge in [-0.1, -0.05) is 117 Å². The van der Waals surface area contributed by atoms with Crippen LogP contribution in [0.1, 0.15) is 25.0 Å². The van der Waals surface area contributed by atoms with Crippen LogP contribution in [0.4, 0.5) is 0 Å². The molecule has 0 N–H and O–H groups in total. The molecule has 0 amide bonds. The van der Waals surface area contributed by atoms with Crippen molar-refractivity contribution < 1.29 is 0 Å². The SMILES string of the molecule is CC1(C)c2ccccc2-c2cc3c(ccc4ccc(-c5cc(-c6ccccc6)nc(-c6ccccc6-c6ccncc6)n5)cc43)cc21. The molecule has 2 aromatic heterocycles. The number of pyridine rings is 1. The third-order valence-corrected chi connectivity index (χ3v) is 9.79. The van der Waals surface area contributed by atoms with Crippen molar-refractivity contribution in [3.8, 4) is 56.2 Å². The zero-order valence-electron chi connectivity index (χ0n) is 26.3. The Morgan fingerprint density at radius 1 is 0.426 bits per heavy atom. The summed E-state index contributed by atoms with van der Waals surface area (Å²) in [4.78, 5) is 14.6. The Bertz CT molecular complexity index is 2480. The highest BCUT2D eigenvalue weighted by Gasteiger charge is 2.35. The smallest absolute Gasteiger partial charge is 0.161 e. The molecule has 6 aromatic carbocycles. The third-order valence-electron chi connectivity index (χ3n) is 9.79. The van der Waals surface area contributed by atoms with Crippen LogP contribution in [0.5, 0.6) is 0 Å². The Balaban J connectivity index is 1.26. The number of nitrogens with zero attached hydrogens (tertiary/aromatic N) is 3. The highest BCUT2D eigenvalue weighted by Crippen LogP contribution is 2.50. The maximum absolute atomic E-state index is 5.25. The largest absolute Gasteiger partial charge is 0.265 e. The van der Waals surface area contributed by atoms with Crippen LogP contribution >= 0.6 is 0 Å². The first-order chi connectivity index (χ1) is 23.0. The van der Waals surface area contributed by atoms with Gasteiger partial charge in [-0.05, 0) is 91.3 Å². The molecular weight excluding hydrogens is 571 g/mol. The van der Waals surface area contributed by atoms with Crippen LogP contribution in [-0.2, 0) is 5.41 Å². The summed E-state index contributed by atoms with van der Waals surface area (Å²) < 4.78 is 0. The van der Waals surface area contributed by atoms with E-state index >= 15 is 0 Å². The second-order valence-corrected chi connectivity index (χ2v) is 12.9. The number of rotatable bonds is 4. The fourth-order valence-electron chi connectivity index (χ4n) is 7.34. The van der Waals surface area contributed by atoms with Crippen molar-refractivity contribution in [2.75, 3.05) is 0 Å². The molecule has 222 valence electrons. The van der Waals surface area contributed by atoms with Crippen molar-refractivity contribution in [3.63, 3.8) is 0 Å². The van der Waals surface area contributed by atoms with E-state index in [4.69, 9.17) is 9.97 Å². The fraction of sp³-hybridized carbons (Fsp3) is 0.0682. The lowest BCUT2D eigenvalue weighted by Gasteiger charge is -2.21. The molecule has 1 aliphatic rings. The third kappa shape index (κ3) is 4.46. The Labute approximate surface area is 274 Å². The van der Waals surface area contributed by atoms with Crippen molar-refractivity contribution in [2.24, 2.45) is 0 Å². The van der Waals surface area contributed by atoms with E-state index in [1.807, 2.05) is 30.6 Å². The van der Waals surface area contributed by atoms with E-state index in [1.54, 1.807) is 0 Å². The molecule has 2 heterocycles. The van der Waals surface area contributed by atoms with Gasteiger partial charge in [-0.2, -0.15) is 0 Å². The van der Waals surface area contributed by atoms with E-state index in [1.165, 1.54) is 43.8 Å². The molecule has 0 unspecified atom stereocenters. The van der Waals surface area contributed by atoms with Gasteiger partial charge in [-0.3, -0.25) is 4.98 Å². The van der Waals surface area contributed by atoms with Gasteiger partial charge in [0.25, 0.3) is 0 Å². The van der Waals surface area contributed by atoms with Crippen molar-refractivity contribution in [3.05, 3.63) is 163 Å². The number of fused-ring (bicyclic) bond motifs is 6. The van der Waals surface area contributed by atoms with Crippen LogP contribution < -0.4 is 0 Å². The zero-order valence-corrected chi connectivity index (χ0v) is 26.3. The minimum atomic E-state index is -0.0331. The lowest BCUT2D eigenvalue weighted by molar-refractivity contribution is 0.661. The average molecular weight is 602 g/mol. The molecule has 8 aromatic rings. The predicted molar refractivity (Wildman–Crippen MR) is 194 cm³/mol. The molecule has 3 nitrogen and oxygen atoms in total. The molecule has 0 spiro atoms. The molecule has 3 heteroatoms. The van der Waals surface area contributed by atoms with Gasteiger partial charge < -0.3 is 0 Å². The molecule has 0 radical (unpaired) electrons. The summed E-state index contributed by atoms with van der Waals surface area (Å²) in [5, 5.41) is 4.96. The molecule has 1 aliphatic carbocycles. The van der Waals surface area contributed by atoms with Crippen LogP contribution in [0.15, 0.2) is 152 Å². The second kappa shape index (κ2) is 10.6. The molecule has 0 saturated carbocycles. The molecule has 0 bridgehead atoms. The first-order valence-electron chi connectivity index (χ1n) is 16.1. The van der Waals surface area contributed by atoms with Crippen molar-refractivity contribution in [2.45, 2.75) is 19.3 Å². The minimum Gasteiger partial charge on any atom is -0.265 e. The van der Waals surface area contributed by atoms with Gasteiger partial charge in [-0.15, -0.1) is 0 Å². The highest BCUT2D eigenvalue weighted by molar-refractivity contribution is 6.11. The van der Waals surface area contributed by atoms with Gasteiger partial charge in [0.15, 0.2) is 5.82 Å². The van der Waals surface area contributed by atoms with Gasteiger partial charge in [-0.25, -0.2) is 9.97 Å². The molecule has 0 saturated heterocycles. The Morgan fingerprint density at radius 3 is 1.87 bits per heavy atom. The van der Waals surface area contributed by atoms with Crippen LogP contribution in [0.25, 0.3) is 77.7 Å². The van der Waals surface area contributed by atoms with E-state index in [0.29, 0.717) is 5.82 Å². The first kappa shape index (κ1) is 27.4. The first-order valence-corrected chi connectivity index (χ1v) is 16.1. The molecule has 0 aliphatic heterocycles. The quantitative estimate of drug-likeness (QED) is 0.188. The molecule has 47 heavy (non-hydrogen) atoms. The summed E-state index contributed by atoms with van der Waals surface area (Å²) in [5.41, 5.74) is 12.5. The fourth-order valence-corrected chi connectivity index (χ4v) is 7.34. The second-order valence-electron chi connectivity index (χ2n) is 12.9. The lowest BCUT2D eigenvalue weighted by atomic mass is 9.81. The lowest BCUT2D eigenvalue weighted by Crippen LogP contribution is -2.14. The summed E-state index contributed by atoms with van der Waals surface area (Å²) in [7, 11) is 0. The summed E-state index contributed by atoms with van der Waals surface area (Å²) in [5.74, 6) is 0.698. The Morgan fingerprint density at radius 2 is 1.06 bits per heavy atom. The summed E-state index contributed by atoms with van der Waals surface area (Å²) >= 11 is 0. The maximum atomic E-state index is 5.25. The summed E-state index contributed by atoms with van der Waals surface area (Å²) in [6.45, 7) is 4.68. The topological polar surface area (TPSA) is 38.7 Å². The number of hydrogen-bond acceptors (Lipinski definition) is 3. The van der Waals surface area contributed by atoms with E-state index in [9.17, 15) is 0 Å². The van der Waals surface area contributed by atoms with Crippen LogP contribution in [0, 0.1) is 0 Å². The van der Waals surface area contributed by atoms with E-state index in [0.717, 1.165) is 39.2 Å². The van der Waals surface area contributed by atoms with Crippen molar-refractivity contribution >= 4 is 21.5 Å². The number of hydrogen-bond donors (Lipinski definition) is 0. The van der Waals surface area contributed by atoms with Gasteiger partial charge in [0, 0.05) is 34.5 Å². The van der Waals surface area contributed by atoms with Crippen LogP contribution in [-0.4, -0.2) is 15.0 Å². The Kier molecular flexibility index (Phi) is 6.16. The normalized spacial score (nSPS) is 13.1. The summed E-state index contributed by atoms with van der Waals surface area (Å²) in [6, 6.07) is 49.8. The van der Waals surface area contributed by atoms with Crippen molar-refractivity contribution in [1.82, 2.24) is 15.0 Å². The van der Waals surface area contributed by atoms with E-state index < -0.39 is 0 Å². The standard InChI is InChI=1S/C44H31N3/c1-44(2)39-15-9-8-13-34(39)38-26-37-31(25-40(38)44)18-16-28-17-19-32(24-36(28)37)42-27-41(30-10-4-3-5-11-30)46-43(47-42)35-14-7-6-12-33(35)29-20-22-45-23-21-29/h3-27H,1-2H3. The molecule has 0 atom stereocenters. The van der Waals surface area contributed by atoms with Crippen LogP contribution in [0.2, 0.25) is 0 Å². The predicted octanol–water partition coefficient (Wildman–Crippen LogP) is 11.2. The van der Waals surface area contributed by atoms with E-state index in [-0.39, 0.29) is 5.41 Å². The van der Waals surface area contributed by atoms with Crippen molar-refractivity contribution in [1.29, 1.82) is 0 Å². The van der Waals surface area contributed by atoms with Gasteiger partial charge in [0.05, 0.1) is 11.4 Å². The molecule has 0 fully saturated rings. The maximum Gasteiger partial charge on any atom is 0.161 e.